The SMILES string of the molecule is CC/C=C\C/C=C\C/C=C\C/C=C\CCCCCCCCCCC(=O)OC(COC(=O)CCCCCC/C=C\C/C=C\C/C=C\C/C=C\CC)COC(=O)CCCCCCCCCCCCC/C=C\CCCCCCCCCC. The average Bonchev–Trinajstić information content (AvgIpc) is 3.45. The Morgan fingerprint density at radius 2 is 0.494 bits per heavy atom. The Morgan fingerprint density at radius 1 is 0.266 bits per heavy atom. The first-order valence-electron chi connectivity index (χ1n) is 33.4. The van der Waals surface area contributed by atoms with Crippen molar-refractivity contribution < 1.29 is 28.6 Å². The van der Waals surface area contributed by atoms with Crippen LogP contribution >= 0.6 is 0 Å². The Morgan fingerprint density at radius 3 is 0.785 bits per heavy atom. The highest BCUT2D eigenvalue weighted by Gasteiger charge is 2.19. The van der Waals surface area contributed by atoms with Gasteiger partial charge in [0.15, 0.2) is 6.10 Å². The molecule has 0 saturated carbocycles. The largest absolute Gasteiger partial charge is 0.462 e. The van der Waals surface area contributed by atoms with Gasteiger partial charge in [-0.2, -0.15) is 0 Å². The highest BCUT2D eigenvalue weighted by molar-refractivity contribution is 5.71. The predicted octanol–water partition coefficient (Wildman–Crippen LogP) is 23.0. The maximum atomic E-state index is 12.9. The summed E-state index contributed by atoms with van der Waals surface area (Å²) in [6, 6.07) is 0. The number of ether oxygens (including phenoxy) is 3. The number of esters is 3. The van der Waals surface area contributed by atoms with Crippen molar-refractivity contribution in [2.75, 3.05) is 13.2 Å². The molecule has 0 heterocycles. The highest BCUT2D eigenvalue weighted by atomic mass is 16.6. The number of carbonyl (C=O) groups is 3. The van der Waals surface area contributed by atoms with Crippen molar-refractivity contribution >= 4 is 17.9 Å². The van der Waals surface area contributed by atoms with Gasteiger partial charge in [0.2, 0.25) is 0 Å². The molecule has 0 amide bonds. The second-order valence-electron chi connectivity index (χ2n) is 22.0. The van der Waals surface area contributed by atoms with Gasteiger partial charge in [0.05, 0.1) is 0 Å². The number of unbranched alkanes of at least 4 members (excludes halogenated alkanes) is 31. The fourth-order valence-corrected chi connectivity index (χ4v) is 9.30. The zero-order valence-corrected chi connectivity index (χ0v) is 51.9. The van der Waals surface area contributed by atoms with Crippen LogP contribution in [0.1, 0.15) is 316 Å². The zero-order chi connectivity index (χ0) is 57.1. The third-order valence-corrected chi connectivity index (χ3v) is 14.2. The summed E-state index contributed by atoms with van der Waals surface area (Å²) in [5.74, 6) is -0.913. The zero-order valence-electron chi connectivity index (χ0n) is 51.9. The smallest absolute Gasteiger partial charge is 0.306 e. The quantitative estimate of drug-likeness (QED) is 0.0261. The summed E-state index contributed by atoms with van der Waals surface area (Å²) in [7, 11) is 0. The van der Waals surface area contributed by atoms with E-state index in [2.05, 4.69) is 130 Å². The summed E-state index contributed by atoms with van der Waals surface area (Å²) in [6.45, 7) is 6.42. The minimum atomic E-state index is -0.797. The Bertz CT molecular complexity index is 1590. The summed E-state index contributed by atoms with van der Waals surface area (Å²) >= 11 is 0. The van der Waals surface area contributed by atoms with Crippen LogP contribution in [0.4, 0.5) is 0 Å². The van der Waals surface area contributed by atoms with Crippen LogP contribution in [0, 0.1) is 0 Å². The number of rotatable bonds is 60. The molecule has 0 saturated heterocycles. The lowest BCUT2D eigenvalue weighted by molar-refractivity contribution is -0.167. The molecule has 0 aliphatic rings. The fraction of sp³-hybridized carbons (Fsp3) is 0.712. The van der Waals surface area contributed by atoms with Crippen molar-refractivity contribution in [2.24, 2.45) is 0 Å². The number of allylic oxidation sites excluding steroid dienone is 18. The standard InChI is InChI=1S/C73H124O6/c1-4-7-10-13-16-19-22-25-28-31-33-35-36-38-39-42-45-48-51-54-57-60-63-66-72(75)78-69-70(68-77-71(74)65-62-59-56-53-50-47-44-41-30-27-24-21-18-15-12-9-6-3)79-73(76)67-64-61-58-55-52-49-46-43-40-37-34-32-29-26-23-20-17-14-11-8-5-2/h8-9,11-12,17-18,20-21,26-27,29-31,33-34,37,44,47,70H,4-7,10,13-16,19,22-25,28,32,35-36,38-43,45-46,48-69H2,1-3H3/b11-8-,12-9-,20-17-,21-18-,29-26-,30-27-,33-31-,37-34-,47-44-. The Labute approximate surface area is 489 Å². The van der Waals surface area contributed by atoms with E-state index in [1.54, 1.807) is 0 Å². The Kier molecular flexibility index (Phi) is 63.3. The molecule has 0 aromatic heterocycles. The summed E-state index contributed by atoms with van der Waals surface area (Å²) in [5.41, 5.74) is 0. The predicted molar refractivity (Wildman–Crippen MR) is 343 cm³/mol. The normalized spacial score (nSPS) is 12.8. The first-order valence-corrected chi connectivity index (χ1v) is 33.4. The van der Waals surface area contributed by atoms with Gasteiger partial charge in [-0.05, 0) is 122 Å². The van der Waals surface area contributed by atoms with Crippen molar-refractivity contribution in [3.8, 4) is 0 Å². The average molecular weight is 1100 g/mol. The van der Waals surface area contributed by atoms with Crippen LogP contribution < -0.4 is 0 Å². The maximum absolute atomic E-state index is 12.9. The van der Waals surface area contributed by atoms with Crippen molar-refractivity contribution in [3.05, 3.63) is 109 Å². The summed E-state index contributed by atoms with van der Waals surface area (Å²) in [4.78, 5) is 38.4. The summed E-state index contributed by atoms with van der Waals surface area (Å²) < 4.78 is 16.9. The third kappa shape index (κ3) is 64.8. The molecular weight excluding hydrogens is 973 g/mol. The van der Waals surface area contributed by atoms with E-state index in [0.29, 0.717) is 19.3 Å². The van der Waals surface area contributed by atoms with Gasteiger partial charge in [0, 0.05) is 19.3 Å². The molecule has 0 rings (SSSR count). The lowest BCUT2D eigenvalue weighted by atomic mass is 10.0. The van der Waals surface area contributed by atoms with Gasteiger partial charge in [-0.15, -0.1) is 0 Å². The molecule has 0 bridgehead atoms. The lowest BCUT2D eigenvalue weighted by Gasteiger charge is -2.18. The van der Waals surface area contributed by atoms with Gasteiger partial charge in [-0.25, -0.2) is 0 Å². The second kappa shape index (κ2) is 66.6. The molecule has 1 unspecified atom stereocenters. The minimum Gasteiger partial charge on any atom is -0.462 e. The van der Waals surface area contributed by atoms with E-state index < -0.39 is 6.10 Å². The fourth-order valence-electron chi connectivity index (χ4n) is 9.30. The highest BCUT2D eigenvalue weighted by Crippen LogP contribution is 2.16. The maximum Gasteiger partial charge on any atom is 0.306 e. The van der Waals surface area contributed by atoms with E-state index in [0.717, 1.165) is 128 Å². The topological polar surface area (TPSA) is 78.9 Å². The molecule has 6 nitrogen and oxygen atoms in total. The minimum absolute atomic E-state index is 0.0898. The molecule has 0 aliphatic heterocycles. The Hall–Kier alpha value is -3.93. The number of hydrogen-bond acceptors (Lipinski definition) is 6. The summed E-state index contributed by atoms with van der Waals surface area (Å²) in [5, 5.41) is 0. The van der Waals surface area contributed by atoms with Crippen molar-refractivity contribution in [2.45, 2.75) is 322 Å². The van der Waals surface area contributed by atoms with E-state index in [4.69, 9.17) is 14.2 Å². The number of hydrogen-bond donors (Lipinski definition) is 0. The van der Waals surface area contributed by atoms with Gasteiger partial charge < -0.3 is 14.2 Å². The van der Waals surface area contributed by atoms with Crippen LogP contribution in [0.15, 0.2) is 109 Å². The molecule has 0 N–H and O–H groups in total. The molecule has 1 atom stereocenters. The molecule has 0 radical (unpaired) electrons. The molecule has 6 heteroatoms. The second-order valence-corrected chi connectivity index (χ2v) is 22.0. The van der Waals surface area contributed by atoms with Gasteiger partial charge in [0.25, 0.3) is 0 Å². The lowest BCUT2D eigenvalue weighted by Crippen LogP contribution is -2.30. The van der Waals surface area contributed by atoms with E-state index >= 15 is 0 Å². The first kappa shape index (κ1) is 75.1. The van der Waals surface area contributed by atoms with Gasteiger partial charge in [-0.3, -0.25) is 14.4 Å². The van der Waals surface area contributed by atoms with Crippen LogP contribution in [0.5, 0.6) is 0 Å². The first-order chi connectivity index (χ1) is 39.0. The van der Waals surface area contributed by atoms with Crippen LogP contribution in [0.2, 0.25) is 0 Å². The van der Waals surface area contributed by atoms with E-state index in [1.165, 1.54) is 148 Å². The van der Waals surface area contributed by atoms with E-state index in [-0.39, 0.29) is 31.1 Å². The van der Waals surface area contributed by atoms with Crippen LogP contribution in [0.25, 0.3) is 0 Å². The molecule has 0 fully saturated rings. The van der Waals surface area contributed by atoms with Crippen LogP contribution in [-0.2, 0) is 28.6 Å². The third-order valence-electron chi connectivity index (χ3n) is 14.2. The van der Waals surface area contributed by atoms with Crippen molar-refractivity contribution in [1.82, 2.24) is 0 Å². The van der Waals surface area contributed by atoms with Gasteiger partial charge in [0.1, 0.15) is 13.2 Å². The monoisotopic (exact) mass is 1100 g/mol. The van der Waals surface area contributed by atoms with Crippen molar-refractivity contribution in [1.29, 1.82) is 0 Å². The molecule has 0 spiro atoms. The van der Waals surface area contributed by atoms with Crippen LogP contribution in [-0.4, -0.2) is 37.2 Å². The van der Waals surface area contributed by atoms with E-state index in [1.807, 2.05) is 0 Å². The Balaban J connectivity index is 4.41. The molecule has 0 aliphatic carbocycles. The molecular formula is C73H124O6. The van der Waals surface area contributed by atoms with Crippen LogP contribution in [0.3, 0.4) is 0 Å². The molecule has 0 aromatic carbocycles. The summed E-state index contributed by atoms with van der Waals surface area (Å²) in [6.07, 6.45) is 91.0. The number of carbonyl (C=O) groups excluding carboxylic acids is 3. The molecule has 452 valence electrons. The van der Waals surface area contributed by atoms with Crippen molar-refractivity contribution in [3.63, 3.8) is 0 Å². The molecule has 79 heavy (non-hydrogen) atoms. The van der Waals surface area contributed by atoms with Gasteiger partial charge in [-0.1, -0.05) is 284 Å². The van der Waals surface area contributed by atoms with E-state index in [9.17, 15) is 14.4 Å². The molecule has 0 aromatic rings. The van der Waals surface area contributed by atoms with Gasteiger partial charge >= 0.3 is 17.9 Å².